The SMILES string of the molecule is C=C/C=C(C)/C(C)=N/C(=C)C(=C)/C=C\C. The van der Waals surface area contributed by atoms with Gasteiger partial charge < -0.3 is 0 Å². The molecular weight excluding hydrogens is 182 g/mol. The zero-order chi connectivity index (χ0) is 11.8. The van der Waals surface area contributed by atoms with Crippen molar-refractivity contribution >= 4 is 5.71 Å². The molecule has 1 heteroatoms. The number of hydrogen-bond acceptors (Lipinski definition) is 1. The van der Waals surface area contributed by atoms with Crippen molar-refractivity contribution in [2.75, 3.05) is 0 Å². The average Bonchev–Trinajstić information content (AvgIpc) is 2.18. The third kappa shape index (κ3) is 4.96. The summed E-state index contributed by atoms with van der Waals surface area (Å²) in [6, 6.07) is 0. The Morgan fingerprint density at radius 3 is 2.27 bits per heavy atom. The fourth-order valence-corrected chi connectivity index (χ4v) is 0.957. The molecule has 0 aromatic rings. The van der Waals surface area contributed by atoms with Gasteiger partial charge in [0.2, 0.25) is 0 Å². The molecule has 0 aliphatic carbocycles. The molecule has 0 spiro atoms. The topological polar surface area (TPSA) is 12.4 Å². The maximum absolute atomic E-state index is 4.37. The van der Waals surface area contributed by atoms with Crippen molar-refractivity contribution in [2.24, 2.45) is 4.99 Å². The normalized spacial score (nSPS) is 13.0. The second-order valence-corrected chi connectivity index (χ2v) is 3.25. The minimum Gasteiger partial charge on any atom is -0.254 e. The van der Waals surface area contributed by atoms with E-state index in [1.807, 2.05) is 39.0 Å². The maximum atomic E-state index is 4.37. The van der Waals surface area contributed by atoms with Crippen LogP contribution in [0.15, 0.2) is 65.9 Å². The molecule has 0 amide bonds. The van der Waals surface area contributed by atoms with Crippen molar-refractivity contribution in [1.29, 1.82) is 0 Å². The highest BCUT2D eigenvalue weighted by Gasteiger charge is 1.97. The number of rotatable bonds is 5. The van der Waals surface area contributed by atoms with Crippen molar-refractivity contribution in [3.8, 4) is 0 Å². The molecule has 0 atom stereocenters. The summed E-state index contributed by atoms with van der Waals surface area (Å²) in [6.45, 7) is 17.3. The van der Waals surface area contributed by atoms with E-state index in [9.17, 15) is 0 Å². The zero-order valence-electron chi connectivity index (χ0n) is 9.88. The van der Waals surface area contributed by atoms with Crippen LogP contribution < -0.4 is 0 Å². The molecule has 0 aromatic heterocycles. The third-order valence-corrected chi connectivity index (χ3v) is 1.98. The Bertz CT molecular complexity index is 352. The van der Waals surface area contributed by atoms with Crippen molar-refractivity contribution in [2.45, 2.75) is 20.8 Å². The number of nitrogens with zero attached hydrogens (tertiary/aromatic N) is 1. The minimum absolute atomic E-state index is 0.697. The molecule has 0 unspecified atom stereocenters. The van der Waals surface area contributed by atoms with Crippen LogP contribution in [-0.2, 0) is 0 Å². The van der Waals surface area contributed by atoms with Gasteiger partial charge in [0.1, 0.15) is 0 Å². The van der Waals surface area contributed by atoms with Gasteiger partial charge in [-0.15, -0.1) is 0 Å². The van der Waals surface area contributed by atoms with E-state index in [1.165, 1.54) is 0 Å². The predicted octanol–water partition coefficient (Wildman–Crippen LogP) is 4.23. The van der Waals surface area contributed by atoms with E-state index < -0.39 is 0 Å². The van der Waals surface area contributed by atoms with Crippen LogP contribution in [-0.4, -0.2) is 5.71 Å². The lowest BCUT2D eigenvalue weighted by molar-refractivity contribution is 1.34. The first-order chi connectivity index (χ1) is 7.02. The summed E-state index contributed by atoms with van der Waals surface area (Å²) < 4.78 is 0. The van der Waals surface area contributed by atoms with Crippen molar-refractivity contribution in [3.05, 3.63) is 60.9 Å². The molecule has 0 saturated heterocycles. The Balaban J connectivity index is 4.77. The third-order valence-electron chi connectivity index (χ3n) is 1.98. The Labute approximate surface area is 92.9 Å². The molecular formula is C14H19N. The summed E-state index contributed by atoms with van der Waals surface area (Å²) in [5.74, 6) is 0. The minimum atomic E-state index is 0.697. The lowest BCUT2D eigenvalue weighted by Crippen LogP contribution is -1.94. The van der Waals surface area contributed by atoms with E-state index in [0.29, 0.717) is 5.70 Å². The van der Waals surface area contributed by atoms with Gasteiger partial charge in [0.25, 0.3) is 0 Å². The largest absolute Gasteiger partial charge is 0.254 e. The number of allylic oxidation sites excluding steroid dienone is 5. The Morgan fingerprint density at radius 2 is 1.80 bits per heavy atom. The van der Waals surface area contributed by atoms with E-state index in [2.05, 4.69) is 24.7 Å². The van der Waals surface area contributed by atoms with Gasteiger partial charge in [-0.2, -0.15) is 0 Å². The van der Waals surface area contributed by atoms with Crippen LogP contribution in [0, 0.1) is 0 Å². The molecule has 80 valence electrons. The zero-order valence-corrected chi connectivity index (χ0v) is 9.88. The van der Waals surface area contributed by atoms with E-state index in [4.69, 9.17) is 0 Å². The molecule has 0 fully saturated rings. The molecule has 1 nitrogen and oxygen atoms in total. The van der Waals surface area contributed by atoms with Gasteiger partial charge in [-0.3, -0.25) is 4.99 Å². The lowest BCUT2D eigenvalue weighted by Gasteiger charge is -2.03. The summed E-state index contributed by atoms with van der Waals surface area (Å²) in [6.07, 6.45) is 7.49. The van der Waals surface area contributed by atoms with Crippen LogP contribution >= 0.6 is 0 Å². The van der Waals surface area contributed by atoms with Crippen molar-refractivity contribution in [1.82, 2.24) is 0 Å². The van der Waals surface area contributed by atoms with Crippen LogP contribution in [0.4, 0.5) is 0 Å². The van der Waals surface area contributed by atoms with Crippen LogP contribution in [0.3, 0.4) is 0 Å². The lowest BCUT2D eigenvalue weighted by atomic mass is 10.1. The maximum Gasteiger partial charge on any atom is 0.0627 e. The first-order valence-corrected chi connectivity index (χ1v) is 4.88. The van der Waals surface area contributed by atoms with E-state index in [-0.39, 0.29) is 0 Å². The molecule has 0 heterocycles. The fraction of sp³-hybridized carbons (Fsp3) is 0.214. The first-order valence-electron chi connectivity index (χ1n) is 4.88. The Hall–Kier alpha value is -1.63. The number of hydrogen-bond donors (Lipinski definition) is 0. The van der Waals surface area contributed by atoms with Crippen LogP contribution in [0.5, 0.6) is 0 Å². The molecule has 0 aliphatic heterocycles. The van der Waals surface area contributed by atoms with E-state index >= 15 is 0 Å². The molecule has 0 radical (unpaired) electrons. The van der Waals surface area contributed by atoms with Crippen LogP contribution in [0.25, 0.3) is 0 Å². The van der Waals surface area contributed by atoms with Crippen LogP contribution in [0.2, 0.25) is 0 Å². The molecule has 15 heavy (non-hydrogen) atoms. The quantitative estimate of drug-likeness (QED) is 0.466. The molecule has 0 N–H and O–H groups in total. The van der Waals surface area contributed by atoms with Crippen LogP contribution in [0.1, 0.15) is 20.8 Å². The van der Waals surface area contributed by atoms with Gasteiger partial charge in [0, 0.05) is 5.71 Å². The molecule has 0 aromatic carbocycles. The molecule has 0 saturated carbocycles. The highest BCUT2D eigenvalue weighted by Crippen LogP contribution is 2.10. The van der Waals surface area contributed by atoms with Gasteiger partial charge >= 0.3 is 0 Å². The van der Waals surface area contributed by atoms with Gasteiger partial charge in [0.15, 0.2) is 0 Å². The summed E-state index contributed by atoms with van der Waals surface area (Å²) in [5, 5.41) is 0. The fourth-order valence-electron chi connectivity index (χ4n) is 0.957. The Morgan fingerprint density at radius 1 is 1.20 bits per heavy atom. The molecule has 0 bridgehead atoms. The second kappa shape index (κ2) is 6.77. The van der Waals surface area contributed by atoms with Crippen molar-refractivity contribution < 1.29 is 0 Å². The highest BCUT2D eigenvalue weighted by atomic mass is 14.8. The smallest absolute Gasteiger partial charge is 0.0627 e. The standard InChI is InChI=1S/C14H19N/c1-7-9-11(3)13(5)15-14(6)12(4)10-8-2/h7-10H,1,4,6H2,2-3,5H3/b10-8-,11-9+,15-13+. The van der Waals surface area contributed by atoms with Gasteiger partial charge in [-0.05, 0) is 31.9 Å². The van der Waals surface area contributed by atoms with Crippen molar-refractivity contribution in [3.63, 3.8) is 0 Å². The first kappa shape index (κ1) is 13.4. The Kier molecular flexibility index (Phi) is 6.03. The van der Waals surface area contributed by atoms with Gasteiger partial charge in [0.05, 0.1) is 5.70 Å². The molecule has 0 rings (SSSR count). The monoisotopic (exact) mass is 201 g/mol. The summed E-state index contributed by atoms with van der Waals surface area (Å²) in [7, 11) is 0. The summed E-state index contributed by atoms with van der Waals surface area (Å²) >= 11 is 0. The summed E-state index contributed by atoms with van der Waals surface area (Å²) in [5.41, 5.74) is 3.55. The number of aliphatic imine (C=N–C) groups is 1. The van der Waals surface area contributed by atoms with Gasteiger partial charge in [-0.25, -0.2) is 0 Å². The van der Waals surface area contributed by atoms with E-state index in [0.717, 1.165) is 16.9 Å². The summed E-state index contributed by atoms with van der Waals surface area (Å²) in [4.78, 5) is 4.37. The molecule has 0 aliphatic rings. The van der Waals surface area contributed by atoms with Gasteiger partial charge in [-0.1, -0.05) is 44.0 Å². The predicted molar refractivity (Wildman–Crippen MR) is 70.2 cm³/mol. The highest BCUT2D eigenvalue weighted by molar-refractivity contribution is 5.98. The average molecular weight is 201 g/mol. The van der Waals surface area contributed by atoms with E-state index in [1.54, 1.807) is 6.08 Å². The second-order valence-electron chi connectivity index (χ2n) is 3.25.